The van der Waals surface area contributed by atoms with Gasteiger partial charge in [-0.25, -0.2) is 0 Å². The highest BCUT2D eigenvalue weighted by Crippen LogP contribution is 2.38. The van der Waals surface area contributed by atoms with E-state index in [1.54, 1.807) is 12.1 Å². The molecule has 1 saturated heterocycles. The number of piperidine rings is 1. The third kappa shape index (κ3) is 3.31. The summed E-state index contributed by atoms with van der Waals surface area (Å²) in [7, 11) is 0. The molecule has 1 aromatic carbocycles. The van der Waals surface area contributed by atoms with Crippen molar-refractivity contribution in [3.63, 3.8) is 0 Å². The number of likely N-dealkylation sites (tertiary alicyclic amines) is 1. The zero-order valence-electron chi connectivity index (χ0n) is 12.7. The highest BCUT2D eigenvalue weighted by Gasteiger charge is 2.23. The van der Waals surface area contributed by atoms with Crippen molar-refractivity contribution in [3.8, 4) is 11.5 Å². The number of hydrogen-bond donors (Lipinski definition) is 1. The Bertz CT molecular complexity index is 557. The van der Waals surface area contributed by atoms with Gasteiger partial charge in [-0.1, -0.05) is 18.5 Å². The van der Waals surface area contributed by atoms with Crippen molar-refractivity contribution in [2.75, 3.05) is 32.8 Å². The normalized spacial score (nSPS) is 19.0. The van der Waals surface area contributed by atoms with Crippen LogP contribution in [0.2, 0.25) is 5.02 Å². The van der Waals surface area contributed by atoms with E-state index < -0.39 is 0 Å². The van der Waals surface area contributed by atoms with Crippen molar-refractivity contribution in [1.82, 2.24) is 10.2 Å². The minimum atomic E-state index is -0.103. The molecule has 0 aromatic heterocycles. The molecule has 0 bridgehead atoms. The Kier molecular flexibility index (Phi) is 4.74. The molecule has 0 aliphatic carbocycles. The summed E-state index contributed by atoms with van der Waals surface area (Å²) in [6, 6.07) is 3.57. The molecule has 0 unspecified atom stereocenters. The number of ether oxygens (including phenoxy) is 2. The fourth-order valence-corrected chi connectivity index (χ4v) is 3.17. The number of hydrogen-bond acceptors (Lipinski definition) is 4. The van der Waals surface area contributed by atoms with E-state index in [4.69, 9.17) is 21.1 Å². The molecule has 0 saturated carbocycles. The van der Waals surface area contributed by atoms with Crippen LogP contribution in [0, 0.1) is 0 Å². The van der Waals surface area contributed by atoms with Crippen molar-refractivity contribution in [2.45, 2.75) is 25.8 Å². The van der Waals surface area contributed by atoms with Crippen LogP contribution in [0.1, 0.15) is 30.1 Å². The summed E-state index contributed by atoms with van der Waals surface area (Å²) in [5.74, 6) is 0.972. The van der Waals surface area contributed by atoms with E-state index in [-0.39, 0.29) is 11.9 Å². The predicted octanol–water partition coefficient (Wildman–Crippen LogP) is 2.33. The molecule has 5 nitrogen and oxygen atoms in total. The molecule has 3 rings (SSSR count). The quantitative estimate of drug-likeness (QED) is 0.927. The summed E-state index contributed by atoms with van der Waals surface area (Å²) in [6.45, 7) is 6.25. The Hall–Kier alpha value is -1.46. The van der Waals surface area contributed by atoms with Crippen molar-refractivity contribution < 1.29 is 14.3 Å². The van der Waals surface area contributed by atoms with Gasteiger partial charge in [0.25, 0.3) is 5.91 Å². The zero-order valence-corrected chi connectivity index (χ0v) is 13.5. The average Bonchev–Trinajstić information content (AvgIpc) is 2.55. The van der Waals surface area contributed by atoms with E-state index in [1.807, 2.05) is 0 Å². The number of halogens is 1. The van der Waals surface area contributed by atoms with Crippen LogP contribution < -0.4 is 14.8 Å². The minimum Gasteiger partial charge on any atom is -0.486 e. The summed E-state index contributed by atoms with van der Waals surface area (Å²) in [6.07, 6.45) is 1.97. The second-order valence-electron chi connectivity index (χ2n) is 5.66. The van der Waals surface area contributed by atoms with Crippen molar-refractivity contribution >= 4 is 17.5 Å². The molecular formula is C16H21ClN2O3. The zero-order chi connectivity index (χ0) is 15.5. The van der Waals surface area contributed by atoms with Crippen LogP contribution >= 0.6 is 11.6 Å². The molecule has 0 radical (unpaired) electrons. The van der Waals surface area contributed by atoms with Gasteiger partial charge < -0.3 is 19.7 Å². The number of benzene rings is 1. The minimum absolute atomic E-state index is 0.103. The highest BCUT2D eigenvalue weighted by molar-refractivity contribution is 6.32. The van der Waals surface area contributed by atoms with E-state index in [0.29, 0.717) is 35.3 Å². The molecule has 1 fully saturated rings. The number of nitrogens with one attached hydrogen (secondary N) is 1. The van der Waals surface area contributed by atoms with Crippen LogP contribution in [0.5, 0.6) is 11.5 Å². The number of amides is 1. The van der Waals surface area contributed by atoms with Gasteiger partial charge in [0.05, 0.1) is 5.02 Å². The van der Waals surface area contributed by atoms with Gasteiger partial charge in [-0.3, -0.25) is 4.79 Å². The maximum Gasteiger partial charge on any atom is 0.251 e. The van der Waals surface area contributed by atoms with E-state index in [2.05, 4.69) is 17.1 Å². The third-order valence-electron chi connectivity index (χ3n) is 4.23. The van der Waals surface area contributed by atoms with E-state index in [9.17, 15) is 4.79 Å². The maximum absolute atomic E-state index is 12.4. The molecule has 2 aliphatic rings. The number of rotatable bonds is 3. The SMILES string of the molecule is CCN1CCC(NC(=O)c2cc(Cl)c3c(c2)OCCO3)CC1. The lowest BCUT2D eigenvalue weighted by Gasteiger charge is -2.31. The standard InChI is InChI=1S/C16H21ClN2O3/c1-2-19-5-3-12(4-6-19)18-16(20)11-9-13(17)15-14(10-11)21-7-8-22-15/h9-10,12H,2-8H2,1H3,(H,18,20). The number of carbonyl (C=O) groups excluding carboxylic acids is 1. The second kappa shape index (κ2) is 6.75. The van der Waals surface area contributed by atoms with Crippen LogP contribution in [0.4, 0.5) is 0 Å². The molecular weight excluding hydrogens is 304 g/mol. The summed E-state index contributed by atoms with van der Waals surface area (Å²) in [5, 5.41) is 3.51. The first kappa shape index (κ1) is 15.4. The smallest absolute Gasteiger partial charge is 0.251 e. The molecule has 2 heterocycles. The first-order chi connectivity index (χ1) is 10.7. The second-order valence-corrected chi connectivity index (χ2v) is 6.07. The van der Waals surface area contributed by atoms with Crippen LogP contribution in [0.25, 0.3) is 0 Å². The molecule has 22 heavy (non-hydrogen) atoms. The van der Waals surface area contributed by atoms with E-state index in [1.165, 1.54) is 0 Å². The lowest BCUT2D eigenvalue weighted by Crippen LogP contribution is -2.44. The Morgan fingerprint density at radius 2 is 2.05 bits per heavy atom. The summed E-state index contributed by atoms with van der Waals surface area (Å²) >= 11 is 6.18. The number of fused-ring (bicyclic) bond motifs is 1. The van der Waals surface area contributed by atoms with Gasteiger partial charge in [0.1, 0.15) is 13.2 Å². The monoisotopic (exact) mass is 324 g/mol. The maximum atomic E-state index is 12.4. The Morgan fingerprint density at radius 3 is 2.77 bits per heavy atom. The molecule has 1 amide bonds. The Morgan fingerprint density at radius 1 is 1.32 bits per heavy atom. The van der Waals surface area contributed by atoms with Crippen LogP contribution in [0.15, 0.2) is 12.1 Å². The summed E-state index contributed by atoms with van der Waals surface area (Å²) in [5.41, 5.74) is 0.521. The Labute approximate surface area is 135 Å². The lowest BCUT2D eigenvalue weighted by atomic mass is 10.0. The lowest BCUT2D eigenvalue weighted by molar-refractivity contribution is 0.0911. The first-order valence-corrected chi connectivity index (χ1v) is 8.17. The molecule has 120 valence electrons. The number of carbonyl (C=O) groups is 1. The van der Waals surface area contributed by atoms with Gasteiger partial charge in [-0.05, 0) is 31.5 Å². The van der Waals surface area contributed by atoms with Crippen LogP contribution in [-0.2, 0) is 0 Å². The molecule has 1 N–H and O–H groups in total. The third-order valence-corrected chi connectivity index (χ3v) is 4.51. The van der Waals surface area contributed by atoms with Crippen molar-refractivity contribution in [1.29, 1.82) is 0 Å². The first-order valence-electron chi connectivity index (χ1n) is 7.79. The van der Waals surface area contributed by atoms with Gasteiger partial charge in [0.15, 0.2) is 11.5 Å². The highest BCUT2D eigenvalue weighted by atomic mass is 35.5. The number of nitrogens with zero attached hydrogens (tertiary/aromatic N) is 1. The largest absolute Gasteiger partial charge is 0.486 e. The average molecular weight is 325 g/mol. The van der Waals surface area contributed by atoms with Gasteiger partial charge in [-0.2, -0.15) is 0 Å². The van der Waals surface area contributed by atoms with Crippen molar-refractivity contribution in [3.05, 3.63) is 22.7 Å². The molecule has 0 spiro atoms. The molecule has 2 aliphatic heterocycles. The summed E-state index contributed by atoms with van der Waals surface area (Å²) < 4.78 is 11.0. The van der Waals surface area contributed by atoms with Gasteiger partial charge >= 0.3 is 0 Å². The topological polar surface area (TPSA) is 50.8 Å². The fourth-order valence-electron chi connectivity index (χ4n) is 2.90. The van der Waals surface area contributed by atoms with Crippen LogP contribution in [-0.4, -0.2) is 49.7 Å². The Balaban J connectivity index is 1.66. The van der Waals surface area contributed by atoms with Gasteiger partial charge in [-0.15, -0.1) is 0 Å². The van der Waals surface area contributed by atoms with E-state index >= 15 is 0 Å². The predicted molar refractivity (Wildman–Crippen MR) is 85.0 cm³/mol. The van der Waals surface area contributed by atoms with E-state index in [0.717, 1.165) is 32.5 Å². The summed E-state index contributed by atoms with van der Waals surface area (Å²) in [4.78, 5) is 14.8. The van der Waals surface area contributed by atoms with Gasteiger partial charge in [0.2, 0.25) is 0 Å². The van der Waals surface area contributed by atoms with Crippen LogP contribution in [0.3, 0.4) is 0 Å². The molecule has 1 aromatic rings. The molecule has 0 atom stereocenters. The molecule has 6 heteroatoms. The van der Waals surface area contributed by atoms with Crippen molar-refractivity contribution in [2.24, 2.45) is 0 Å². The fraction of sp³-hybridized carbons (Fsp3) is 0.562. The van der Waals surface area contributed by atoms with Gasteiger partial charge in [0, 0.05) is 24.7 Å².